The number of carbonyl (C=O) groups is 2. The quantitative estimate of drug-likeness (QED) is 0.753. The molecule has 0 spiro atoms. The minimum Gasteiger partial charge on any atom is -0.460 e. The van der Waals surface area contributed by atoms with Gasteiger partial charge in [0.15, 0.2) is 0 Å². The zero-order chi connectivity index (χ0) is 17.4. The summed E-state index contributed by atoms with van der Waals surface area (Å²) in [5.41, 5.74) is 2.78. The van der Waals surface area contributed by atoms with Gasteiger partial charge in [0.2, 0.25) is 5.91 Å². The van der Waals surface area contributed by atoms with Crippen LogP contribution in [-0.2, 0) is 20.9 Å². The molecule has 1 amide bonds. The molecule has 0 saturated carbocycles. The average molecular weight is 364 g/mol. The van der Waals surface area contributed by atoms with Gasteiger partial charge in [0.1, 0.15) is 6.61 Å². The van der Waals surface area contributed by atoms with E-state index < -0.39 is 0 Å². The Bertz CT molecular complexity index is 686. The van der Waals surface area contributed by atoms with E-state index in [2.05, 4.69) is 5.32 Å². The van der Waals surface area contributed by atoms with Crippen LogP contribution in [0.2, 0.25) is 5.02 Å². The number of aryl methyl sites for hydroxylation is 1. The number of rotatable bonds is 7. The summed E-state index contributed by atoms with van der Waals surface area (Å²) in [4.78, 5) is 23.4. The van der Waals surface area contributed by atoms with E-state index in [9.17, 15) is 9.59 Å². The van der Waals surface area contributed by atoms with Gasteiger partial charge in [-0.1, -0.05) is 41.4 Å². The smallest absolute Gasteiger partial charge is 0.316 e. The highest BCUT2D eigenvalue weighted by Gasteiger charge is 2.07. The van der Waals surface area contributed by atoms with Crippen molar-refractivity contribution >= 4 is 40.9 Å². The summed E-state index contributed by atoms with van der Waals surface area (Å²) in [6, 6.07) is 14.6. The number of amides is 1. The summed E-state index contributed by atoms with van der Waals surface area (Å²) in [6.45, 7) is 2.25. The lowest BCUT2D eigenvalue weighted by molar-refractivity contribution is -0.141. The third-order valence-electron chi connectivity index (χ3n) is 3.10. The predicted molar refractivity (Wildman–Crippen MR) is 98.4 cm³/mol. The summed E-state index contributed by atoms with van der Waals surface area (Å²) in [6.07, 6.45) is 0. The fraction of sp³-hybridized carbons (Fsp3) is 0.222. The first-order valence-corrected chi connectivity index (χ1v) is 8.90. The second kappa shape index (κ2) is 9.35. The molecule has 0 aromatic heterocycles. The molecule has 126 valence electrons. The Balaban J connectivity index is 1.63. The van der Waals surface area contributed by atoms with Gasteiger partial charge in [-0.05, 0) is 36.8 Å². The molecule has 0 heterocycles. The Labute approximate surface area is 150 Å². The number of carbonyl (C=O) groups excluding carboxylic acids is 2. The van der Waals surface area contributed by atoms with Gasteiger partial charge in [0, 0.05) is 10.7 Å². The Morgan fingerprint density at radius 2 is 1.71 bits per heavy atom. The van der Waals surface area contributed by atoms with Crippen LogP contribution < -0.4 is 5.32 Å². The van der Waals surface area contributed by atoms with E-state index in [1.807, 2.05) is 31.2 Å². The fourth-order valence-corrected chi connectivity index (χ4v) is 2.58. The van der Waals surface area contributed by atoms with Crippen molar-refractivity contribution in [3.63, 3.8) is 0 Å². The Morgan fingerprint density at radius 1 is 1.04 bits per heavy atom. The largest absolute Gasteiger partial charge is 0.460 e. The van der Waals surface area contributed by atoms with Gasteiger partial charge < -0.3 is 10.1 Å². The molecule has 0 aliphatic rings. The molecule has 4 nitrogen and oxygen atoms in total. The first-order valence-electron chi connectivity index (χ1n) is 7.37. The first kappa shape index (κ1) is 18.4. The number of thioether (sulfide) groups is 1. The minimum absolute atomic E-state index is 0.139. The normalized spacial score (nSPS) is 10.2. The van der Waals surface area contributed by atoms with Crippen LogP contribution in [0.5, 0.6) is 0 Å². The zero-order valence-electron chi connectivity index (χ0n) is 13.3. The SMILES string of the molecule is Cc1ccc(COC(=O)CSCC(=O)Nc2ccc(Cl)cc2)cc1. The lowest BCUT2D eigenvalue weighted by Crippen LogP contribution is -2.16. The molecule has 0 unspecified atom stereocenters. The molecule has 2 aromatic carbocycles. The lowest BCUT2D eigenvalue weighted by atomic mass is 10.2. The number of halogens is 1. The second-order valence-electron chi connectivity index (χ2n) is 5.19. The monoisotopic (exact) mass is 363 g/mol. The number of benzene rings is 2. The van der Waals surface area contributed by atoms with Crippen LogP contribution in [0, 0.1) is 6.92 Å². The maximum Gasteiger partial charge on any atom is 0.316 e. The average Bonchev–Trinajstić information content (AvgIpc) is 2.56. The molecular weight excluding hydrogens is 346 g/mol. The minimum atomic E-state index is -0.333. The highest BCUT2D eigenvalue weighted by molar-refractivity contribution is 8.00. The van der Waals surface area contributed by atoms with Gasteiger partial charge >= 0.3 is 5.97 Å². The first-order chi connectivity index (χ1) is 11.5. The molecule has 2 rings (SSSR count). The van der Waals surface area contributed by atoms with Gasteiger partial charge in [-0.2, -0.15) is 0 Å². The van der Waals surface area contributed by atoms with Crippen molar-refractivity contribution in [1.82, 2.24) is 0 Å². The van der Waals surface area contributed by atoms with Crippen LogP contribution in [0.1, 0.15) is 11.1 Å². The third kappa shape index (κ3) is 6.64. The topological polar surface area (TPSA) is 55.4 Å². The molecule has 0 aliphatic carbocycles. The van der Waals surface area contributed by atoms with Crippen molar-refractivity contribution in [3.8, 4) is 0 Å². The third-order valence-corrected chi connectivity index (χ3v) is 4.26. The standard InChI is InChI=1S/C18H18ClNO3S/c1-13-2-4-14(5-3-13)10-23-18(22)12-24-11-17(21)20-16-8-6-15(19)7-9-16/h2-9H,10-12H2,1H3,(H,20,21). The zero-order valence-corrected chi connectivity index (χ0v) is 14.8. The van der Waals surface area contributed by atoms with Crippen LogP contribution in [0.3, 0.4) is 0 Å². The number of ether oxygens (including phenoxy) is 1. The van der Waals surface area contributed by atoms with Crippen LogP contribution in [0.4, 0.5) is 5.69 Å². The van der Waals surface area contributed by atoms with Crippen molar-refractivity contribution in [2.75, 3.05) is 16.8 Å². The number of hydrogen-bond acceptors (Lipinski definition) is 4. The molecule has 0 fully saturated rings. The van der Waals surface area contributed by atoms with Gasteiger partial charge in [0.05, 0.1) is 11.5 Å². The Hall–Kier alpha value is -1.98. The highest BCUT2D eigenvalue weighted by atomic mass is 35.5. The van der Waals surface area contributed by atoms with Crippen LogP contribution in [0.25, 0.3) is 0 Å². The summed E-state index contributed by atoms with van der Waals surface area (Å²) in [5.74, 6) is -0.184. The number of hydrogen-bond donors (Lipinski definition) is 1. The number of anilines is 1. The van der Waals surface area contributed by atoms with E-state index in [1.165, 1.54) is 11.8 Å². The van der Waals surface area contributed by atoms with Crippen LogP contribution >= 0.6 is 23.4 Å². The van der Waals surface area contributed by atoms with E-state index in [1.54, 1.807) is 24.3 Å². The van der Waals surface area contributed by atoms with Crippen molar-refractivity contribution < 1.29 is 14.3 Å². The Kier molecular flexibility index (Phi) is 7.15. The molecule has 6 heteroatoms. The van der Waals surface area contributed by atoms with Crippen molar-refractivity contribution in [2.24, 2.45) is 0 Å². The predicted octanol–water partition coefficient (Wildman–Crippen LogP) is 4.06. The van der Waals surface area contributed by atoms with E-state index in [0.29, 0.717) is 10.7 Å². The Morgan fingerprint density at radius 3 is 2.38 bits per heavy atom. The molecule has 0 saturated heterocycles. The molecule has 1 N–H and O–H groups in total. The molecule has 0 bridgehead atoms. The van der Waals surface area contributed by atoms with Crippen molar-refractivity contribution in [2.45, 2.75) is 13.5 Å². The maximum absolute atomic E-state index is 11.8. The van der Waals surface area contributed by atoms with Crippen molar-refractivity contribution in [3.05, 3.63) is 64.7 Å². The van der Waals surface area contributed by atoms with E-state index in [-0.39, 0.29) is 30.0 Å². The van der Waals surface area contributed by atoms with Crippen LogP contribution in [0.15, 0.2) is 48.5 Å². The number of esters is 1. The molecule has 0 aliphatic heterocycles. The number of nitrogens with one attached hydrogen (secondary N) is 1. The summed E-state index contributed by atoms with van der Waals surface area (Å²) in [7, 11) is 0. The van der Waals surface area contributed by atoms with E-state index >= 15 is 0 Å². The molecule has 0 radical (unpaired) electrons. The summed E-state index contributed by atoms with van der Waals surface area (Å²) < 4.78 is 5.18. The second-order valence-corrected chi connectivity index (χ2v) is 6.62. The van der Waals surface area contributed by atoms with Gasteiger partial charge in [0.25, 0.3) is 0 Å². The van der Waals surface area contributed by atoms with Gasteiger partial charge in [-0.25, -0.2) is 0 Å². The summed E-state index contributed by atoms with van der Waals surface area (Å²) >= 11 is 7.00. The fourth-order valence-electron chi connectivity index (χ4n) is 1.85. The van der Waals surface area contributed by atoms with Gasteiger partial charge in [-0.15, -0.1) is 11.8 Å². The van der Waals surface area contributed by atoms with E-state index in [4.69, 9.17) is 16.3 Å². The lowest BCUT2D eigenvalue weighted by Gasteiger charge is -2.06. The summed E-state index contributed by atoms with van der Waals surface area (Å²) in [5, 5.41) is 3.35. The maximum atomic E-state index is 11.8. The van der Waals surface area contributed by atoms with Crippen molar-refractivity contribution in [1.29, 1.82) is 0 Å². The van der Waals surface area contributed by atoms with Gasteiger partial charge in [-0.3, -0.25) is 9.59 Å². The highest BCUT2D eigenvalue weighted by Crippen LogP contribution is 2.14. The molecule has 24 heavy (non-hydrogen) atoms. The molecular formula is C18H18ClNO3S. The van der Waals surface area contributed by atoms with Crippen LogP contribution in [-0.4, -0.2) is 23.4 Å². The molecule has 2 aromatic rings. The molecule has 0 atom stereocenters. The van der Waals surface area contributed by atoms with E-state index in [0.717, 1.165) is 11.1 Å².